The van der Waals surface area contributed by atoms with E-state index in [0.717, 1.165) is 31.4 Å². The molecule has 0 amide bonds. The number of carboxylic acid groups (broad SMARTS) is 1. The van der Waals surface area contributed by atoms with Crippen LogP contribution in [0.2, 0.25) is 0 Å². The van der Waals surface area contributed by atoms with Crippen LogP contribution in [0.3, 0.4) is 0 Å². The lowest BCUT2D eigenvalue weighted by molar-refractivity contribution is -0.144. The Morgan fingerprint density at radius 2 is 2.18 bits per heavy atom. The van der Waals surface area contributed by atoms with E-state index >= 15 is 0 Å². The van der Waals surface area contributed by atoms with E-state index in [2.05, 4.69) is 0 Å². The molecule has 1 aliphatic heterocycles. The van der Waals surface area contributed by atoms with Crippen LogP contribution in [0.25, 0.3) is 0 Å². The lowest BCUT2D eigenvalue weighted by Crippen LogP contribution is -2.44. The molecule has 0 aromatic heterocycles. The van der Waals surface area contributed by atoms with E-state index in [1.54, 1.807) is 12.1 Å². The van der Waals surface area contributed by atoms with E-state index in [0.29, 0.717) is 25.1 Å². The molecule has 5 nitrogen and oxygen atoms in total. The van der Waals surface area contributed by atoms with Crippen LogP contribution in [0, 0.1) is 0 Å². The van der Waals surface area contributed by atoms with E-state index in [1.807, 2.05) is 24.0 Å². The quantitative estimate of drug-likeness (QED) is 0.819. The van der Waals surface area contributed by atoms with Crippen molar-refractivity contribution in [2.24, 2.45) is 0 Å². The number of carbonyl (C=O) groups is 2. The minimum atomic E-state index is -0.766. The summed E-state index contributed by atoms with van der Waals surface area (Å²) in [6.07, 6.45) is 3.45. The molecule has 1 aromatic carbocycles. The molecular weight excluding hydrogens is 282 g/mol. The molecule has 1 aromatic rings. The van der Waals surface area contributed by atoms with Gasteiger partial charge in [-0.1, -0.05) is 25.5 Å². The molecule has 1 heterocycles. The van der Waals surface area contributed by atoms with Crippen LogP contribution in [0.15, 0.2) is 24.3 Å². The molecule has 1 atom stereocenters. The number of benzene rings is 1. The molecule has 0 aliphatic carbocycles. The molecule has 120 valence electrons. The number of piperidine rings is 1. The summed E-state index contributed by atoms with van der Waals surface area (Å²) in [4.78, 5) is 25.2. The Morgan fingerprint density at radius 3 is 2.91 bits per heavy atom. The first-order valence-corrected chi connectivity index (χ1v) is 7.84. The van der Waals surface area contributed by atoms with E-state index in [4.69, 9.17) is 4.74 Å². The summed E-state index contributed by atoms with van der Waals surface area (Å²) in [7, 11) is 0. The van der Waals surface area contributed by atoms with Crippen LogP contribution in [0.4, 0.5) is 0 Å². The number of carboxylic acids is 1. The van der Waals surface area contributed by atoms with Crippen molar-refractivity contribution >= 4 is 11.9 Å². The SMILES string of the molecule is CCCOC(=O)c1cccc(CN2CCCCC2C(=O)O)c1. The van der Waals surface area contributed by atoms with E-state index < -0.39 is 12.0 Å². The van der Waals surface area contributed by atoms with E-state index in [9.17, 15) is 14.7 Å². The number of aliphatic carboxylic acids is 1. The normalized spacial score (nSPS) is 18.9. The predicted octanol–water partition coefficient (Wildman–Crippen LogP) is 2.69. The first-order valence-electron chi connectivity index (χ1n) is 7.84. The number of likely N-dealkylation sites (tertiary alicyclic amines) is 1. The number of rotatable bonds is 6. The van der Waals surface area contributed by atoms with Crippen molar-refractivity contribution in [1.82, 2.24) is 4.90 Å². The summed E-state index contributed by atoms with van der Waals surface area (Å²) >= 11 is 0. The van der Waals surface area contributed by atoms with Crippen molar-refractivity contribution in [2.45, 2.75) is 45.2 Å². The van der Waals surface area contributed by atoms with Gasteiger partial charge in [0.1, 0.15) is 6.04 Å². The number of carbonyl (C=O) groups excluding carboxylic acids is 1. The van der Waals surface area contributed by atoms with Crippen LogP contribution in [-0.4, -0.2) is 41.1 Å². The van der Waals surface area contributed by atoms with Crippen LogP contribution in [0.5, 0.6) is 0 Å². The maximum atomic E-state index is 11.9. The van der Waals surface area contributed by atoms with Crippen LogP contribution in [0.1, 0.15) is 48.5 Å². The van der Waals surface area contributed by atoms with Gasteiger partial charge in [-0.3, -0.25) is 9.69 Å². The molecule has 22 heavy (non-hydrogen) atoms. The standard InChI is InChI=1S/C17H23NO4/c1-2-10-22-17(21)14-7-5-6-13(11-14)12-18-9-4-3-8-15(18)16(19)20/h5-7,11,15H,2-4,8-10,12H2,1H3,(H,19,20). The highest BCUT2D eigenvalue weighted by Crippen LogP contribution is 2.20. The molecule has 1 fully saturated rings. The zero-order valence-corrected chi connectivity index (χ0v) is 13.0. The van der Waals surface area contributed by atoms with Gasteiger partial charge in [-0.25, -0.2) is 4.79 Å². The summed E-state index contributed by atoms with van der Waals surface area (Å²) in [6, 6.07) is 6.84. The highest BCUT2D eigenvalue weighted by atomic mass is 16.5. The van der Waals surface area contributed by atoms with Crippen molar-refractivity contribution in [3.8, 4) is 0 Å². The second-order valence-corrected chi connectivity index (χ2v) is 5.66. The van der Waals surface area contributed by atoms with Gasteiger partial charge in [0.25, 0.3) is 0 Å². The Balaban J connectivity index is 2.06. The molecule has 1 saturated heterocycles. The number of ether oxygens (including phenoxy) is 1. The lowest BCUT2D eigenvalue weighted by atomic mass is 10.0. The fourth-order valence-electron chi connectivity index (χ4n) is 2.77. The number of hydrogen-bond donors (Lipinski definition) is 1. The number of nitrogens with zero attached hydrogens (tertiary/aromatic N) is 1. The third kappa shape index (κ3) is 4.31. The van der Waals surface area contributed by atoms with Crippen LogP contribution < -0.4 is 0 Å². The smallest absolute Gasteiger partial charge is 0.338 e. The Kier molecular flexibility index (Phi) is 5.95. The molecule has 0 bridgehead atoms. The lowest BCUT2D eigenvalue weighted by Gasteiger charge is -2.32. The Labute approximate surface area is 130 Å². The molecule has 2 rings (SSSR count). The van der Waals surface area contributed by atoms with Crippen molar-refractivity contribution < 1.29 is 19.4 Å². The second-order valence-electron chi connectivity index (χ2n) is 5.66. The Bertz CT molecular complexity index is 529. The minimum absolute atomic E-state index is 0.322. The monoisotopic (exact) mass is 305 g/mol. The van der Waals surface area contributed by atoms with Gasteiger partial charge in [-0.05, 0) is 43.5 Å². The number of hydrogen-bond acceptors (Lipinski definition) is 4. The summed E-state index contributed by atoms with van der Waals surface area (Å²) < 4.78 is 5.13. The molecule has 1 aliphatic rings. The Morgan fingerprint density at radius 1 is 1.36 bits per heavy atom. The predicted molar refractivity (Wildman–Crippen MR) is 82.7 cm³/mol. The molecule has 0 spiro atoms. The van der Waals surface area contributed by atoms with Gasteiger partial charge < -0.3 is 9.84 Å². The molecule has 5 heteroatoms. The van der Waals surface area contributed by atoms with Crippen LogP contribution in [-0.2, 0) is 16.1 Å². The van der Waals surface area contributed by atoms with Crippen molar-refractivity contribution in [1.29, 1.82) is 0 Å². The molecule has 1 unspecified atom stereocenters. The summed E-state index contributed by atoms with van der Waals surface area (Å²) in [6.45, 7) is 3.69. The van der Waals surface area contributed by atoms with Gasteiger partial charge in [0, 0.05) is 6.54 Å². The molecule has 0 radical (unpaired) electrons. The zero-order valence-electron chi connectivity index (χ0n) is 13.0. The second kappa shape index (κ2) is 7.94. The summed E-state index contributed by atoms with van der Waals surface area (Å²) in [5, 5.41) is 9.31. The molecular formula is C17H23NO4. The maximum absolute atomic E-state index is 11.9. The van der Waals surface area contributed by atoms with Gasteiger partial charge in [0.15, 0.2) is 0 Å². The minimum Gasteiger partial charge on any atom is -0.480 e. The third-order valence-corrected chi connectivity index (χ3v) is 3.88. The average Bonchev–Trinajstić information content (AvgIpc) is 2.53. The zero-order chi connectivity index (χ0) is 15.9. The van der Waals surface area contributed by atoms with Crippen LogP contribution >= 0.6 is 0 Å². The molecule has 0 saturated carbocycles. The topological polar surface area (TPSA) is 66.8 Å². The van der Waals surface area contributed by atoms with Gasteiger partial charge in [-0.15, -0.1) is 0 Å². The summed E-state index contributed by atoms with van der Waals surface area (Å²) in [5.74, 6) is -1.09. The first-order chi connectivity index (χ1) is 10.6. The van der Waals surface area contributed by atoms with Crippen molar-refractivity contribution in [2.75, 3.05) is 13.2 Å². The number of esters is 1. The first kappa shape index (κ1) is 16.5. The maximum Gasteiger partial charge on any atom is 0.338 e. The van der Waals surface area contributed by atoms with Gasteiger partial charge in [-0.2, -0.15) is 0 Å². The average molecular weight is 305 g/mol. The third-order valence-electron chi connectivity index (χ3n) is 3.88. The highest BCUT2D eigenvalue weighted by Gasteiger charge is 2.28. The van der Waals surface area contributed by atoms with Crippen molar-refractivity contribution in [3.05, 3.63) is 35.4 Å². The summed E-state index contributed by atoms with van der Waals surface area (Å²) in [5.41, 5.74) is 1.47. The van der Waals surface area contributed by atoms with Gasteiger partial charge in [0.2, 0.25) is 0 Å². The molecule has 1 N–H and O–H groups in total. The van der Waals surface area contributed by atoms with Gasteiger partial charge in [0.05, 0.1) is 12.2 Å². The van der Waals surface area contributed by atoms with Gasteiger partial charge >= 0.3 is 11.9 Å². The van der Waals surface area contributed by atoms with E-state index in [1.165, 1.54) is 0 Å². The fraction of sp³-hybridized carbons (Fsp3) is 0.529. The highest BCUT2D eigenvalue weighted by molar-refractivity contribution is 5.89. The van der Waals surface area contributed by atoms with Crippen molar-refractivity contribution in [3.63, 3.8) is 0 Å². The largest absolute Gasteiger partial charge is 0.480 e. The van der Waals surface area contributed by atoms with E-state index in [-0.39, 0.29) is 5.97 Å². The fourth-order valence-corrected chi connectivity index (χ4v) is 2.77. The Hall–Kier alpha value is -1.88.